The minimum Gasteiger partial charge on any atom is -0.379 e. The summed E-state index contributed by atoms with van der Waals surface area (Å²) in [7, 11) is 0. The second-order valence-electron chi connectivity index (χ2n) is 4.35. The van der Waals surface area contributed by atoms with Crippen LogP contribution in [0.2, 0.25) is 5.02 Å². The van der Waals surface area contributed by atoms with E-state index in [0.29, 0.717) is 23.8 Å². The van der Waals surface area contributed by atoms with E-state index in [2.05, 4.69) is 6.92 Å². The molecule has 1 rings (SSSR count). The summed E-state index contributed by atoms with van der Waals surface area (Å²) in [5, 5.41) is 0.620. The third-order valence-corrected chi connectivity index (χ3v) is 2.99. The van der Waals surface area contributed by atoms with Crippen LogP contribution in [0.5, 0.6) is 0 Å². The van der Waals surface area contributed by atoms with Crippen molar-refractivity contribution in [1.29, 1.82) is 0 Å². The number of benzene rings is 1. The Kier molecular flexibility index (Phi) is 7.72. The van der Waals surface area contributed by atoms with Crippen LogP contribution >= 0.6 is 11.6 Å². The quantitative estimate of drug-likeness (QED) is 0.512. The molecule has 0 spiro atoms. The van der Waals surface area contributed by atoms with Crippen molar-refractivity contribution in [3.8, 4) is 0 Å². The maximum Gasteiger partial charge on any atom is 0.191 e. The van der Waals surface area contributed by atoms with E-state index in [4.69, 9.17) is 21.1 Å². The molecule has 0 amide bonds. The Morgan fingerprint density at radius 1 is 1.21 bits per heavy atom. The number of hydrogen-bond acceptors (Lipinski definition) is 3. The van der Waals surface area contributed by atoms with E-state index in [1.165, 1.54) is 0 Å². The molecular weight excluding hydrogens is 264 g/mol. The molecule has 1 atom stereocenters. The highest BCUT2D eigenvalue weighted by molar-refractivity contribution is 6.30. The lowest BCUT2D eigenvalue weighted by Gasteiger charge is -2.12. The zero-order valence-corrected chi connectivity index (χ0v) is 12.3. The molecule has 0 fully saturated rings. The van der Waals surface area contributed by atoms with Crippen molar-refractivity contribution in [3.63, 3.8) is 0 Å². The molecule has 1 unspecified atom stereocenters. The molecule has 0 aliphatic heterocycles. The molecule has 0 heterocycles. The highest BCUT2D eigenvalue weighted by atomic mass is 35.5. The summed E-state index contributed by atoms with van der Waals surface area (Å²) in [5.41, 5.74) is 0.615. The van der Waals surface area contributed by atoms with E-state index in [9.17, 15) is 4.79 Å². The van der Waals surface area contributed by atoms with Gasteiger partial charge in [0, 0.05) is 17.2 Å². The van der Waals surface area contributed by atoms with Crippen LogP contribution in [0, 0.1) is 0 Å². The van der Waals surface area contributed by atoms with Gasteiger partial charge in [0.05, 0.1) is 13.2 Å². The Morgan fingerprint density at radius 2 is 1.89 bits per heavy atom. The Morgan fingerprint density at radius 3 is 2.53 bits per heavy atom. The Balaban J connectivity index is 2.27. The van der Waals surface area contributed by atoms with Crippen molar-refractivity contribution < 1.29 is 14.3 Å². The van der Waals surface area contributed by atoms with E-state index >= 15 is 0 Å². The summed E-state index contributed by atoms with van der Waals surface area (Å²) in [6.45, 7) is 5.58. The van der Waals surface area contributed by atoms with Crippen LogP contribution in [0.4, 0.5) is 0 Å². The Hall–Kier alpha value is -0.900. The third kappa shape index (κ3) is 6.19. The predicted molar refractivity (Wildman–Crippen MR) is 76.9 cm³/mol. The van der Waals surface area contributed by atoms with Crippen LogP contribution in [0.1, 0.15) is 37.0 Å². The first-order valence-corrected chi connectivity index (χ1v) is 7.02. The third-order valence-electron chi connectivity index (χ3n) is 2.74. The van der Waals surface area contributed by atoms with Gasteiger partial charge in [-0.05, 0) is 37.6 Å². The molecule has 0 radical (unpaired) electrons. The van der Waals surface area contributed by atoms with Gasteiger partial charge >= 0.3 is 0 Å². The maximum atomic E-state index is 12.0. The van der Waals surface area contributed by atoms with Crippen LogP contribution in [-0.4, -0.2) is 31.7 Å². The predicted octanol–water partition coefficient (Wildman–Crippen LogP) is 3.74. The summed E-state index contributed by atoms with van der Waals surface area (Å²) in [6.07, 6.45) is 1.71. The molecule has 0 saturated heterocycles. The van der Waals surface area contributed by atoms with Crippen LogP contribution in [0.15, 0.2) is 24.3 Å². The smallest absolute Gasteiger partial charge is 0.191 e. The number of rotatable bonds is 9. The molecular formula is C15H21ClO3. The summed E-state index contributed by atoms with van der Waals surface area (Å²) in [5.74, 6) is -0.0368. The number of hydrogen-bond donors (Lipinski definition) is 0. The van der Waals surface area contributed by atoms with Gasteiger partial charge < -0.3 is 9.47 Å². The van der Waals surface area contributed by atoms with Gasteiger partial charge in [-0.25, -0.2) is 0 Å². The molecule has 0 aliphatic rings. The minimum absolute atomic E-state index is 0.0368. The molecule has 0 aliphatic carbocycles. The molecule has 4 heteroatoms. The summed E-state index contributed by atoms with van der Waals surface area (Å²) in [6, 6.07) is 6.83. The molecule has 19 heavy (non-hydrogen) atoms. The van der Waals surface area contributed by atoms with Crippen LogP contribution in [0.3, 0.4) is 0 Å². The lowest BCUT2D eigenvalue weighted by molar-refractivity contribution is 0.0144. The monoisotopic (exact) mass is 284 g/mol. The van der Waals surface area contributed by atoms with Gasteiger partial charge in [-0.1, -0.05) is 24.9 Å². The number of unbranched alkanes of at least 4 members (excludes halogenated alkanes) is 1. The fourth-order valence-corrected chi connectivity index (χ4v) is 1.68. The van der Waals surface area contributed by atoms with E-state index < -0.39 is 6.10 Å². The van der Waals surface area contributed by atoms with Gasteiger partial charge in [0.2, 0.25) is 0 Å². The van der Waals surface area contributed by atoms with Crippen LogP contribution in [-0.2, 0) is 9.47 Å². The van der Waals surface area contributed by atoms with Crippen molar-refractivity contribution in [2.45, 2.75) is 32.8 Å². The first-order valence-electron chi connectivity index (χ1n) is 6.64. The fourth-order valence-electron chi connectivity index (χ4n) is 1.56. The number of ketones is 1. The largest absolute Gasteiger partial charge is 0.379 e. The lowest BCUT2D eigenvalue weighted by Crippen LogP contribution is -2.23. The van der Waals surface area contributed by atoms with E-state index in [1.807, 2.05) is 0 Å². The van der Waals surface area contributed by atoms with Gasteiger partial charge in [-0.2, -0.15) is 0 Å². The van der Waals surface area contributed by atoms with Crippen LogP contribution in [0.25, 0.3) is 0 Å². The van der Waals surface area contributed by atoms with Crippen molar-refractivity contribution in [2.75, 3.05) is 19.8 Å². The fraction of sp³-hybridized carbons (Fsp3) is 0.533. The average molecular weight is 285 g/mol. The number of Topliss-reactive ketones (excluding diaryl/α,β-unsaturated/α-hetero) is 1. The lowest BCUT2D eigenvalue weighted by atomic mass is 10.1. The average Bonchev–Trinajstić information content (AvgIpc) is 2.42. The molecule has 1 aromatic rings. The van der Waals surface area contributed by atoms with Gasteiger partial charge in [0.15, 0.2) is 5.78 Å². The summed E-state index contributed by atoms with van der Waals surface area (Å²) >= 11 is 5.78. The number of halogens is 1. The highest BCUT2D eigenvalue weighted by Gasteiger charge is 2.15. The van der Waals surface area contributed by atoms with Crippen molar-refractivity contribution in [3.05, 3.63) is 34.9 Å². The van der Waals surface area contributed by atoms with E-state index in [1.54, 1.807) is 31.2 Å². The summed E-state index contributed by atoms with van der Waals surface area (Å²) in [4.78, 5) is 12.0. The van der Waals surface area contributed by atoms with Crippen LogP contribution < -0.4 is 0 Å². The topological polar surface area (TPSA) is 35.5 Å². The molecule has 106 valence electrons. The van der Waals surface area contributed by atoms with Gasteiger partial charge in [0.25, 0.3) is 0 Å². The van der Waals surface area contributed by atoms with Gasteiger partial charge in [0.1, 0.15) is 6.10 Å². The van der Waals surface area contributed by atoms with Crippen molar-refractivity contribution in [1.82, 2.24) is 0 Å². The second kappa shape index (κ2) is 9.08. The molecule has 1 aromatic carbocycles. The Labute approximate surface area is 119 Å². The first-order chi connectivity index (χ1) is 9.15. The standard InChI is InChI=1S/C15H21ClO3/c1-3-4-9-18-10-11-19-12(2)15(17)13-5-7-14(16)8-6-13/h5-8,12H,3-4,9-11H2,1-2H3. The number of carbonyl (C=O) groups excluding carboxylic acids is 1. The van der Waals surface area contributed by atoms with Gasteiger partial charge in [-0.15, -0.1) is 0 Å². The normalized spacial score (nSPS) is 12.4. The zero-order valence-electron chi connectivity index (χ0n) is 11.5. The van der Waals surface area contributed by atoms with Crippen molar-refractivity contribution in [2.24, 2.45) is 0 Å². The highest BCUT2D eigenvalue weighted by Crippen LogP contribution is 2.12. The molecule has 3 nitrogen and oxygen atoms in total. The molecule has 0 N–H and O–H groups in total. The zero-order chi connectivity index (χ0) is 14.1. The van der Waals surface area contributed by atoms with Crippen molar-refractivity contribution >= 4 is 17.4 Å². The Bertz CT molecular complexity index is 375. The van der Waals surface area contributed by atoms with E-state index in [0.717, 1.165) is 19.4 Å². The molecule has 0 saturated carbocycles. The van der Waals surface area contributed by atoms with Gasteiger partial charge in [-0.3, -0.25) is 4.79 Å². The minimum atomic E-state index is -0.462. The molecule has 0 bridgehead atoms. The van der Waals surface area contributed by atoms with E-state index in [-0.39, 0.29) is 5.78 Å². The number of ether oxygens (including phenoxy) is 2. The second-order valence-corrected chi connectivity index (χ2v) is 4.79. The maximum absolute atomic E-state index is 12.0. The first kappa shape index (κ1) is 16.2. The number of carbonyl (C=O) groups is 1. The SMILES string of the molecule is CCCCOCCOC(C)C(=O)c1ccc(Cl)cc1. The molecule has 0 aromatic heterocycles. The summed E-state index contributed by atoms with van der Waals surface area (Å²) < 4.78 is 10.8.